The molecule has 10 aromatic rings. The van der Waals surface area contributed by atoms with E-state index in [1.54, 1.807) is 0 Å². The molecule has 0 unspecified atom stereocenters. The maximum Gasteiger partial charge on any atom is 0.0641 e. The van der Waals surface area contributed by atoms with Gasteiger partial charge in [0.2, 0.25) is 0 Å². The van der Waals surface area contributed by atoms with Crippen LogP contribution < -0.4 is 14.7 Å². The van der Waals surface area contributed by atoms with E-state index in [0.29, 0.717) is 0 Å². The van der Waals surface area contributed by atoms with Gasteiger partial charge in [-0.3, -0.25) is 0 Å². The lowest BCUT2D eigenvalue weighted by molar-refractivity contribution is 1.28. The van der Waals surface area contributed by atoms with Gasteiger partial charge in [0.15, 0.2) is 0 Å². The van der Waals surface area contributed by atoms with Crippen molar-refractivity contribution >= 4 is 93.5 Å². The zero-order chi connectivity index (χ0) is 37.3. The number of rotatable bonds is 9. The molecule has 10 rings (SSSR count). The van der Waals surface area contributed by atoms with Crippen LogP contribution in [0.15, 0.2) is 224 Å². The number of nitrogens with zero attached hydrogens (tertiary/aromatic N) is 3. The number of para-hydroxylation sites is 5. The molecule has 0 atom stereocenters. The highest BCUT2D eigenvalue weighted by molar-refractivity contribution is 7.26. The van der Waals surface area contributed by atoms with E-state index >= 15 is 0 Å². The lowest BCUT2D eigenvalue weighted by Crippen LogP contribution is -2.12. The van der Waals surface area contributed by atoms with Gasteiger partial charge in [-0.1, -0.05) is 127 Å². The fraction of sp³-hybridized carbons (Fsp3) is 0. The van der Waals surface area contributed by atoms with Crippen molar-refractivity contribution in [1.29, 1.82) is 0 Å². The van der Waals surface area contributed by atoms with E-state index in [1.165, 1.54) is 30.9 Å². The Morgan fingerprint density at radius 1 is 0.286 bits per heavy atom. The van der Waals surface area contributed by atoms with Crippen molar-refractivity contribution in [2.45, 2.75) is 0 Å². The third-order valence-corrected chi connectivity index (χ3v) is 11.5. The van der Waals surface area contributed by atoms with Crippen LogP contribution in [0.1, 0.15) is 0 Å². The molecule has 0 saturated carbocycles. The molecule has 1 heterocycles. The number of hydrogen-bond donors (Lipinski definition) is 0. The van der Waals surface area contributed by atoms with Crippen molar-refractivity contribution in [1.82, 2.24) is 0 Å². The molecule has 0 aliphatic carbocycles. The second-order valence-electron chi connectivity index (χ2n) is 13.8. The molecule has 9 aromatic carbocycles. The summed E-state index contributed by atoms with van der Waals surface area (Å²) < 4.78 is 2.44. The minimum Gasteiger partial charge on any atom is -0.310 e. The molecule has 0 aliphatic rings. The molecule has 3 nitrogen and oxygen atoms in total. The van der Waals surface area contributed by atoms with Crippen molar-refractivity contribution in [2.75, 3.05) is 14.7 Å². The van der Waals surface area contributed by atoms with Crippen LogP contribution in [0.5, 0.6) is 0 Å². The van der Waals surface area contributed by atoms with Gasteiger partial charge in [0.25, 0.3) is 0 Å². The summed E-state index contributed by atoms with van der Waals surface area (Å²) in [5.74, 6) is 0. The summed E-state index contributed by atoms with van der Waals surface area (Å²) in [6.07, 6.45) is 0. The zero-order valence-electron chi connectivity index (χ0n) is 30.6. The molecule has 266 valence electrons. The van der Waals surface area contributed by atoms with Crippen LogP contribution in [0.25, 0.3) is 30.9 Å². The van der Waals surface area contributed by atoms with Crippen LogP contribution >= 0.6 is 11.3 Å². The highest BCUT2D eigenvalue weighted by Gasteiger charge is 2.25. The maximum absolute atomic E-state index is 2.42. The minimum absolute atomic E-state index is 1.11. The molecule has 0 radical (unpaired) electrons. The van der Waals surface area contributed by atoms with E-state index in [0.717, 1.165) is 51.2 Å². The van der Waals surface area contributed by atoms with Crippen LogP contribution in [-0.4, -0.2) is 0 Å². The average Bonchev–Trinajstić information content (AvgIpc) is 3.66. The molecule has 4 heteroatoms. The number of fused-ring (bicyclic) bond motifs is 4. The Kier molecular flexibility index (Phi) is 8.71. The van der Waals surface area contributed by atoms with E-state index in [-0.39, 0.29) is 0 Å². The van der Waals surface area contributed by atoms with E-state index in [9.17, 15) is 0 Å². The van der Waals surface area contributed by atoms with Gasteiger partial charge >= 0.3 is 0 Å². The molecule has 0 N–H and O–H groups in total. The largest absolute Gasteiger partial charge is 0.310 e. The molecule has 0 bridgehead atoms. The first kappa shape index (κ1) is 33.4. The summed E-state index contributed by atoms with van der Waals surface area (Å²) >= 11 is 1.86. The molecule has 0 fully saturated rings. The summed E-state index contributed by atoms with van der Waals surface area (Å²) in [6, 6.07) is 80.5. The van der Waals surface area contributed by atoms with Gasteiger partial charge in [-0.05, 0) is 108 Å². The molecule has 1 aromatic heterocycles. The predicted octanol–water partition coefficient (Wildman–Crippen LogP) is 15.6. The standard InChI is InChI=1S/C52H37N3S/c1-6-20-40(21-7-1)53(41-22-8-2-9-23-41)46-32-33-47-50(37-46)56-52-49(54(42-24-10-3-11-25-42)43-26-12-4-13-27-43)35-34-48(51(47)52)55(44-28-14-5-15-29-44)45-31-30-38-18-16-17-19-39(38)36-45/h1-37H. The Morgan fingerprint density at radius 3 is 1.23 bits per heavy atom. The molecule has 0 aliphatic heterocycles. The van der Waals surface area contributed by atoms with Crippen molar-refractivity contribution in [2.24, 2.45) is 0 Å². The van der Waals surface area contributed by atoms with Crippen LogP contribution in [-0.2, 0) is 0 Å². The lowest BCUT2D eigenvalue weighted by atomic mass is 10.0. The normalized spacial score (nSPS) is 11.2. The molecular formula is C52H37N3S. The van der Waals surface area contributed by atoms with Crippen molar-refractivity contribution in [3.8, 4) is 0 Å². The quantitative estimate of drug-likeness (QED) is 0.146. The minimum atomic E-state index is 1.11. The zero-order valence-corrected chi connectivity index (χ0v) is 31.4. The van der Waals surface area contributed by atoms with Gasteiger partial charge in [-0.25, -0.2) is 0 Å². The van der Waals surface area contributed by atoms with Gasteiger partial charge in [0.05, 0.1) is 16.1 Å². The highest BCUT2D eigenvalue weighted by Crippen LogP contribution is 2.51. The monoisotopic (exact) mass is 735 g/mol. The van der Waals surface area contributed by atoms with Crippen LogP contribution in [0.4, 0.5) is 51.2 Å². The van der Waals surface area contributed by atoms with Crippen molar-refractivity contribution in [3.63, 3.8) is 0 Å². The summed E-state index contributed by atoms with van der Waals surface area (Å²) in [5.41, 5.74) is 10.1. The fourth-order valence-corrected chi connectivity index (χ4v) is 9.10. The Balaban J connectivity index is 1.26. The summed E-state index contributed by atoms with van der Waals surface area (Å²) in [7, 11) is 0. The van der Waals surface area contributed by atoms with Gasteiger partial charge in [0.1, 0.15) is 0 Å². The molecule has 0 spiro atoms. The molecule has 0 saturated heterocycles. The van der Waals surface area contributed by atoms with Gasteiger partial charge in [-0.2, -0.15) is 0 Å². The van der Waals surface area contributed by atoms with Gasteiger partial charge < -0.3 is 14.7 Å². The topological polar surface area (TPSA) is 9.72 Å². The van der Waals surface area contributed by atoms with E-state index < -0.39 is 0 Å². The van der Waals surface area contributed by atoms with E-state index in [2.05, 4.69) is 239 Å². The number of anilines is 9. The smallest absolute Gasteiger partial charge is 0.0641 e. The van der Waals surface area contributed by atoms with Crippen LogP contribution in [0.3, 0.4) is 0 Å². The van der Waals surface area contributed by atoms with Gasteiger partial charge in [0, 0.05) is 55.3 Å². The van der Waals surface area contributed by atoms with Crippen LogP contribution in [0.2, 0.25) is 0 Å². The molecular weight excluding hydrogens is 699 g/mol. The highest BCUT2D eigenvalue weighted by atomic mass is 32.1. The first-order chi connectivity index (χ1) is 27.8. The average molecular weight is 736 g/mol. The van der Waals surface area contributed by atoms with Crippen molar-refractivity contribution in [3.05, 3.63) is 224 Å². The fourth-order valence-electron chi connectivity index (χ4n) is 7.84. The number of benzene rings is 9. The lowest BCUT2D eigenvalue weighted by Gasteiger charge is -2.30. The Labute approximate surface area is 331 Å². The first-order valence-electron chi connectivity index (χ1n) is 18.9. The third-order valence-electron chi connectivity index (χ3n) is 10.4. The van der Waals surface area contributed by atoms with E-state index in [1.807, 2.05) is 11.3 Å². The molecule has 0 amide bonds. The summed E-state index contributed by atoms with van der Waals surface area (Å²) in [6.45, 7) is 0. The maximum atomic E-state index is 2.42. The second-order valence-corrected chi connectivity index (χ2v) is 14.9. The number of hydrogen-bond acceptors (Lipinski definition) is 4. The Morgan fingerprint density at radius 2 is 0.696 bits per heavy atom. The third kappa shape index (κ3) is 6.12. The SMILES string of the molecule is c1ccc(N(c2ccccc2)c2ccc3c(c2)sc2c(N(c4ccccc4)c4ccccc4)ccc(N(c4ccccc4)c4ccc5ccccc5c4)c23)cc1. The van der Waals surface area contributed by atoms with Crippen LogP contribution in [0, 0.1) is 0 Å². The Bertz CT molecular complexity index is 2830. The Hall–Kier alpha value is -7.14. The van der Waals surface area contributed by atoms with Gasteiger partial charge in [-0.15, -0.1) is 11.3 Å². The van der Waals surface area contributed by atoms with Crippen molar-refractivity contribution < 1.29 is 0 Å². The molecule has 56 heavy (non-hydrogen) atoms. The summed E-state index contributed by atoms with van der Waals surface area (Å²) in [5, 5.41) is 4.87. The van der Waals surface area contributed by atoms with E-state index in [4.69, 9.17) is 0 Å². The summed E-state index contributed by atoms with van der Waals surface area (Å²) in [4.78, 5) is 7.16. The predicted molar refractivity (Wildman–Crippen MR) is 241 cm³/mol. The first-order valence-corrected chi connectivity index (χ1v) is 19.8. The second kappa shape index (κ2) is 14.6. The number of thiophene rings is 1.